The van der Waals surface area contributed by atoms with Gasteiger partial charge in [0.25, 0.3) is 5.91 Å². The molecule has 1 aromatic carbocycles. The Kier molecular flexibility index (Phi) is 3.79. The largest absolute Gasteiger partial charge is 0.327 e. The molecule has 118 valence electrons. The Hall–Kier alpha value is -3.01. The van der Waals surface area contributed by atoms with Gasteiger partial charge in [-0.1, -0.05) is 24.3 Å². The summed E-state index contributed by atoms with van der Waals surface area (Å²) in [6, 6.07) is 15.8. The summed E-state index contributed by atoms with van der Waals surface area (Å²) in [5, 5.41) is 0. The van der Waals surface area contributed by atoms with E-state index >= 15 is 0 Å². The Bertz CT molecular complexity index is 849. The summed E-state index contributed by atoms with van der Waals surface area (Å²) in [6.45, 7) is 0.692. The van der Waals surface area contributed by atoms with Crippen molar-refractivity contribution in [3.63, 3.8) is 0 Å². The van der Waals surface area contributed by atoms with Gasteiger partial charge in [-0.05, 0) is 47.4 Å². The zero-order valence-corrected chi connectivity index (χ0v) is 13.2. The van der Waals surface area contributed by atoms with Crippen LogP contribution in [-0.4, -0.2) is 27.3 Å². The third-order valence-electron chi connectivity index (χ3n) is 4.47. The van der Waals surface area contributed by atoms with Crippen LogP contribution in [0.2, 0.25) is 0 Å². The molecule has 0 N–H and O–H groups in total. The third-order valence-corrected chi connectivity index (χ3v) is 4.47. The summed E-state index contributed by atoms with van der Waals surface area (Å²) in [6.07, 6.45) is 7.73. The number of hydrogen-bond donors (Lipinski definition) is 0. The van der Waals surface area contributed by atoms with Gasteiger partial charge in [-0.25, -0.2) is 0 Å². The van der Waals surface area contributed by atoms with Gasteiger partial charge in [0.2, 0.25) is 0 Å². The number of carbonyl (C=O) groups is 1. The van der Waals surface area contributed by atoms with E-state index in [-0.39, 0.29) is 11.9 Å². The van der Waals surface area contributed by atoms with Gasteiger partial charge in [-0.15, -0.1) is 0 Å². The molecule has 0 bridgehead atoms. The highest BCUT2D eigenvalue weighted by atomic mass is 16.2. The van der Waals surface area contributed by atoms with Crippen LogP contribution in [0.3, 0.4) is 0 Å². The molecule has 0 saturated heterocycles. The Morgan fingerprint density at radius 3 is 2.58 bits per heavy atom. The standard InChI is InChI=1S/C20H17N3O/c24-20(17-5-3-10-22-14-17)23-13-9-15-4-1-2-6-18(15)19(23)16-7-11-21-12-8-16/h1-8,10-12,14,19H,9,13H2. The first-order valence-corrected chi connectivity index (χ1v) is 8.03. The highest BCUT2D eigenvalue weighted by molar-refractivity contribution is 5.94. The van der Waals surface area contributed by atoms with E-state index in [1.54, 1.807) is 30.9 Å². The fourth-order valence-corrected chi connectivity index (χ4v) is 3.35. The number of rotatable bonds is 2. The highest BCUT2D eigenvalue weighted by Gasteiger charge is 2.32. The Morgan fingerprint density at radius 2 is 1.79 bits per heavy atom. The first-order chi connectivity index (χ1) is 11.8. The summed E-state index contributed by atoms with van der Waals surface area (Å²) in [5.74, 6) is 0.0133. The van der Waals surface area contributed by atoms with Crippen LogP contribution in [-0.2, 0) is 6.42 Å². The molecule has 0 radical (unpaired) electrons. The molecule has 0 spiro atoms. The molecule has 1 aliphatic rings. The Morgan fingerprint density at radius 1 is 0.958 bits per heavy atom. The predicted octanol–water partition coefficient (Wildman–Crippen LogP) is 3.26. The number of carbonyl (C=O) groups excluding carboxylic acids is 1. The Labute approximate surface area is 140 Å². The third kappa shape index (κ3) is 2.56. The van der Waals surface area contributed by atoms with Gasteiger partial charge in [0, 0.05) is 31.3 Å². The summed E-state index contributed by atoms with van der Waals surface area (Å²) in [4.78, 5) is 23.2. The zero-order chi connectivity index (χ0) is 16.4. The van der Waals surface area contributed by atoms with Crippen LogP contribution in [0.1, 0.15) is 33.1 Å². The first kappa shape index (κ1) is 14.6. The smallest absolute Gasteiger partial charge is 0.256 e. The molecule has 0 fully saturated rings. The second-order valence-electron chi connectivity index (χ2n) is 5.87. The van der Waals surface area contributed by atoms with Gasteiger partial charge in [0.15, 0.2) is 0 Å². The predicted molar refractivity (Wildman–Crippen MR) is 91.5 cm³/mol. The monoisotopic (exact) mass is 315 g/mol. The topological polar surface area (TPSA) is 46.1 Å². The molecule has 4 heteroatoms. The number of hydrogen-bond acceptors (Lipinski definition) is 3. The summed E-state index contributed by atoms with van der Waals surface area (Å²) < 4.78 is 0. The van der Waals surface area contributed by atoms with Crippen LogP contribution in [0.5, 0.6) is 0 Å². The van der Waals surface area contributed by atoms with Crippen molar-refractivity contribution in [3.8, 4) is 0 Å². The van der Waals surface area contributed by atoms with Crippen LogP contribution in [0.4, 0.5) is 0 Å². The molecule has 1 unspecified atom stereocenters. The quantitative estimate of drug-likeness (QED) is 0.729. The van der Waals surface area contributed by atoms with Crippen molar-refractivity contribution in [3.05, 3.63) is 95.6 Å². The second kappa shape index (κ2) is 6.24. The number of fused-ring (bicyclic) bond motifs is 1. The number of pyridine rings is 2. The molecule has 24 heavy (non-hydrogen) atoms. The molecular formula is C20H17N3O. The first-order valence-electron chi connectivity index (χ1n) is 8.03. The van der Waals surface area contributed by atoms with Crippen LogP contribution < -0.4 is 0 Å². The van der Waals surface area contributed by atoms with Gasteiger partial charge >= 0.3 is 0 Å². The molecule has 4 rings (SSSR count). The van der Waals surface area contributed by atoms with Gasteiger partial charge < -0.3 is 4.90 Å². The number of amides is 1. The van der Waals surface area contributed by atoms with E-state index in [2.05, 4.69) is 28.2 Å². The van der Waals surface area contributed by atoms with Gasteiger partial charge in [0.1, 0.15) is 0 Å². The maximum Gasteiger partial charge on any atom is 0.256 e. The highest BCUT2D eigenvalue weighted by Crippen LogP contribution is 2.35. The van der Waals surface area contributed by atoms with Crippen LogP contribution in [0.15, 0.2) is 73.3 Å². The van der Waals surface area contributed by atoms with Gasteiger partial charge in [0.05, 0.1) is 11.6 Å². The van der Waals surface area contributed by atoms with E-state index < -0.39 is 0 Å². The number of benzene rings is 1. The van der Waals surface area contributed by atoms with Crippen molar-refractivity contribution in [1.29, 1.82) is 0 Å². The molecular weight excluding hydrogens is 298 g/mol. The van der Waals surface area contributed by atoms with Crippen molar-refractivity contribution in [2.75, 3.05) is 6.54 Å². The van der Waals surface area contributed by atoms with Crippen molar-refractivity contribution < 1.29 is 4.79 Å². The minimum Gasteiger partial charge on any atom is -0.327 e. The molecule has 1 amide bonds. The van der Waals surface area contributed by atoms with Crippen molar-refractivity contribution in [2.45, 2.75) is 12.5 Å². The average Bonchev–Trinajstić information content (AvgIpc) is 2.68. The van der Waals surface area contributed by atoms with Crippen molar-refractivity contribution in [2.24, 2.45) is 0 Å². The van der Waals surface area contributed by atoms with E-state index in [9.17, 15) is 4.79 Å². The van der Waals surface area contributed by atoms with Crippen molar-refractivity contribution in [1.82, 2.24) is 14.9 Å². The van der Waals surface area contributed by atoms with Gasteiger partial charge in [-0.3, -0.25) is 14.8 Å². The molecule has 4 nitrogen and oxygen atoms in total. The zero-order valence-electron chi connectivity index (χ0n) is 13.2. The minimum atomic E-state index is -0.0920. The molecule has 0 saturated carbocycles. The molecule has 1 atom stereocenters. The van der Waals surface area contributed by atoms with E-state index in [4.69, 9.17) is 0 Å². The lowest BCUT2D eigenvalue weighted by Gasteiger charge is -2.37. The molecule has 2 aromatic heterocycles. The van der Waals surface area contributed by atoms with E-state index in [0.29, 0.717) is 12.1 Å². The number of nitrogens with zero attached hydrogens (tertiary/aromatic N) is 3. The molecule has 3 aromatic rings. The lowest BCUT2D eigenvalue weighted by molar-refractivity contribution is 0.0694. The SMILES string of the molecule is O=C(c1cccnc1)N1CCc2ccccc2C1c1ccncc1. The summed E-state index contributed by atoms with van der Waals surface area (Å²) in [7, 11) is 0. The molecule has 1 aliphatic heterocycles. The normalized spacial score (nSPS) is 16.5. The van der Waals surface area contributed by atoms with E-state index in [1.165, 1.54) is 11.1 Å². The summed E-state index contributed by atoms with van der Waals surface area (Å²) >= 11 is 0. The molecule has 3 heterocycles. The maximum atomic E-state index is 13.1. The minimum absolute atomic E-state index is 0.0133. The fraction of sp³-hybridized carbons (Fsp3) is 0.150. The number of aromatic nitrogens is 2. The lowest BCUT2D eigenvalue weighted by Crippen LogP contribution is -2.40. The van der Waals surface area contributed by atoms with E-state index in [1.807, 2.05) is 29.2 Å². The lowest BCUT2D eigenvalue weighted by atomic mass is 9.88. The fourth-order valence-electron chi connectivity index (χ4n) is 3.35. The summed E-state index contributed by atoms with van der Waals surface area (Å²) in [5.41, 5.74) is 4.19. The van der Waals surface area contributed by atoms with Gasteiger partial charge in [-0.2, -0.15) is 0 Å². The molecule has 0 aliphatic carbocycles. The van der Waals surface area contributed by atoms with Crippen molar-refractivity contribution >= 4 is 5.91 Å². The van der Waals surface area contributed by atoms with Crippen LogP contribution >= 0.6 is 0 Å². The van der Waals surface area contributed by atoms with E-state index in [0.717, 1.165) is 12.0 Å². The van der Waals surface area contributed by atoms with Crippen LogP contribution in [0.25, 0.3) is 0 Å². The maximum absolute atomic E-state index is 13.1. The van der Waals surface area contributed by atoms with Crippen LogP contribution in [0, 0.1) is 0 Å². The second-order valence-corrected chi connectivity index (χ2v) is 5.87. The Balaban J connectivity index is 1.80. The average molecular weight is 315 g/mol.